The molecule has 0 bridgehead atoms. The van der Waals surface area contributed by atoms with Crippen LogP contribution in [0.25, 0.3) is 0 Å². The molecule has 0 unspecified atom stereocenters. The smallest absolute Gasteiger partial charge is 0.0211 e. The van der Waals surface area contributed by atoms with Gasteiger partial charge in [0.15, 0.2) is 0 Å². The molecular weight excluding hydrogens is 112 g/mol. The van der Waals surface area contributed by atoms with Crippen molar-refractivity contribution < 1.29 is 0 Å². The summed E-state index contributed by atoms with van der Waals surface area (Å²) in [5.41, 5.74) is 0. The molecule has 9 heavy (non-hydrogen) atoms. The monoisotopic (exact) mass is 130 g/mol. The van der Waals surface area contributed by atoms with Gasteiger partial charge >= 0.3 is 0 Å². The molecule has 0 aliphatic carbocycles. The molecule has 0 aliphatic rings. The molecule has 0 amide bonds. The first-order valence-electron chi connectivity index (χ1n) is 3.53. The van der Waals surface area contributed by atoms with Crippen LogP contribution in [0.2, 0.25) is 0 Å². The number of nitrogens with zero attached hydrogens (tertiary/aromatic N) is 1. The summed E-state index contributed by atoms with van der Waals surface area (Å²) >= 11 is 0. The number of rotatable bonds is 4. The number of hydrogen-bond acceptors (Lipinski definition) is 2. The Bertz CT molecular complexity index is 61.9. The molecule has 2 nitrogen and oxygen atoms in total. The van der Waals surface area contributed by atoms with Gasteiger partial charge in [0.25, 0.3) is 0 Å². The fourth-order valence-electron chi connectivity index (χ4n) is 0.928. The molecule has 1 atom stereocenters. The van der Waals surface area contributed by atoms with Gasteiger partial charge in [-0.1, -0.05) is 6.92 Å². The highest BCUT2D eigenvalue weighted by Crippen LogP contribution is 1.95. The molecule has 0 aromatic rings. The molecule has 0 heterocycles. The number of likely N-dealkylation sites (N-methyl/N-ethyl adjacent to an activating group) is 2. The first kappa shape index (κ1) is 8.92. The summed E-state index contributed by atoms with van der Waals surface area (Å²) in [6.07, 6.45) is 1.22. The molecule has 1 N–H and O–H groups in total. The van der Waals surface area contributed by atoms with E-state index in [2.05, 4.69) is 31.2 Å². The van der Waals surface area contributed by atoms with Gasteiger partial charge < -0.3 is 10.2 Å². The molecular formula is C7H18N2. The fraction of sp³-hybridized carbons (Fsp3) is 1.00. The summed E-state index contributed by atoms with van der Waals surface area (Å²) in [7, 11) is 6.23. The Morgan fingerprint density at radius 3 is 2.11 bits per heavy atom. The Balaban J connectivity index is 3.41. The van der Waals surface area contributed by atoms with E-state index in [0.717, 1.165) is 6.54 Å². The minimum atomic E-state index is 0.690. The van der Waals surface area contributed by atoms with Crippen LogP contribution in [0, 0.1) is 0 Å². The highest BCUT2D eigenvalue weighted by Gasteiger charge is 2.05. The summed E-state index contributed by atoms with van der Waals surface area (Å²) in [5, 5.41) is 3.16. The second kappa shape index (κ2) is 4.77. The predicted molar refractivity (Wildman–Crippen MR) is 41.7 cm³/mol. The van der Waals surface area contributed by atoms with Crippen LogP contribution in [0.5, 0.6) is 0 Å². The third-order valence-electron chi connectivity index (χ3n) is 1.64. The van der Waals surface area contributed by atoms with Crippen LogP contribution in [-0.2, 0) is 0 Å². The van der Waals surface area contributed by atoms with Crippen molar-refractivity contribution in [1.82, 2.24) is 10.2 Å². The number of nitrogens with one attached hydrogen (secondary N) is 1. The van der Waals surface area contributed by atoms with Crippen LogP contribution in [-0.4, -0.2) is 38.6 Å². The van der Waals surface area contributed by atoms with E-state index in [9.17, 15) is 0 Å². The predicted octanol–water partition coefficient (Wildman–Crippen LogP) is 0.546. The molecule has 0 radical (unpaired) electrons. The summed E-state index contributed by atoms with van der Waals surface area (Å²) in [5.74, 6) is 0. The van der Waals surface area contributed by atoms with Crippen LogP contribution in [0.4, 0.5) is 0 Å². The Morgan fingerprint density at radius 2 is 2.00 bits per heavy atom. The van der Waals surface area contributed by atoms with Gasteiger partial charge in [0.2, 0.25) is 0 Å². The van der Waals surface area contributed by atoms with Crippen LogP contribution in [0.15, 0.2) is 0 Å². The summed E-state index contributed by atoms with van der Waals surface area (Å²) < 4.78 is 0. The Kier molecular flexibility index (Phi) is 4.72. The lowest BCUT2D eigenvalue weighted by Crippen LogP contribution is -2.35. The standard InChI is InChI=1S/C7H18N2/c1-5-7(6-8-2)9(3)4/h7-8H,5-6H2,1-4H3/t7-/m1/s1. The Hall–Kier alpha value is -0.0800. The third-order valence-corrected chi connectivity index (χ3v) is 1.64. The second-order valence-corrected chi connectivity index (χ2v) is 2.58. The van der Waals surface area contributed by atoms with Gasteiger partial charge in [-0.3, -0.25) is 0 Å². The van der Waals surface area contributed by atoms with Crippen LogP contribution in [0.1, 0.15) is 13.3 Å². The van der Waals surface area contributed by atoms with Gasteiger partial charge in [-0.15, -0.1) is 0 Å². The van der Waals surface area contributed by atoms with Crippen molar-refractivity contribution in [2.75, 3.05) is 27.7 Å². The molecule has 0 fully saturated rings. The number of hydrogen-bond donors (Lipinski definition) is 1. The van der Waals surface area contributed by atoms with E-state index in [4.69, 9.17) is 0 Å². The van der Waals surface area contributed by atoms with Gasteiger partial charge in [-0.2, -0.15) is 0 Å². The molecule has 0 rings (SSSR count). The summed E-state index contributed by atoms with van der Waals surface area (Å²) in [4.78, 5) is 2.25. The Labute approximate surface area is 58.2 Å². The molecule has 0 saturated carbocycles. The van der Waals surface area contributed by atoms with Crippen LogP contribution < -0.4 is 5.32 Å². The van der Waals surface area contributed by atoms with Gasteiger partial charge in [-0.05, 0) is 27.6 Å². The maximum Gasteiger partial charge on any atom is 0.0211 e. The Morgan fingerprint density at radius 1 is 1.44 bits per heavy atom. The van der Waals surface area contributed by atoms with Gasteiger partial charge in [0.1, 0.15) is 0 Å². The van der Waals surface area contributed by atoms with Crippen molar-refractivity contribution in [1.29, 1.82) is 0 Å². The lowest BCUT2D eigenvalue weighted by Gasteiger charge is -2.21. The lowest BCUT2D eigenvalue weighted by atomic mass is 10.2. The first-order valence-corrected chi connectivity index (χ1v) is 3.53. The first-order chi connectivity index (χ1) is 4.22. The van der Waals surface area contributed by atoms with Crippen molar-refractivity contribution in [3.05, 3.63) is 0 Å². The van der Waals surface area contributed by atoms with E-state index in [-0.39, 0.29) is 0 Å². The maximum atomic E-state index is 3.16. The average Bonchev–Trinajstić information content (AvgIpc) is 1.82. The van der Waals surface area contributed by atoms with E-state index in [0.29, 0.717) is 6.04 Å². The zero-order valence-electron chi connectivity index (χ0n) is 6.94. The molecule has 0 aliphatic heterocycles. The van der Waals surface area contributed by atoms with E-state index >= 15 is 0 Å². The summed E-state index contributed by atoms with van der Waals surface area (Å²) in [6.45, 7) is 3.30. The third kappa shape index (κ3) is 3.49. The minimum Gasteiger partial charge on any atom is -0.318 e. The quantitative estimate of drug-likeness (QED) is 0.597. The molecule has 56 valence electrons. The fourth-order valence-corrected chi connectivity index (χ4v) is 0.928. The zero-order valence-corrected chi connectivity index (χ0v) is 6.94. The molecule has 2 heteroatoms. The van der Waals surface area contributed by atoms with Crippen molar-refractivity contribution in [2.24, 2.45) is 0 Å². The maximum absolute atomic E-state index is 3.16. The highest BCUT2D eigenvalue weighted by atomic mass is 15.1. The van der Waals surface area contributed by atoms with Crippen molar-refractivity contribution >= 4 is 0 Å². The van der Waals surface area contributed by atoms with Crippen LogP contribution >= 0.6 is 0 Å². The van der Waals surface area contributed by atoms with Crippen molar-refractivity contribution in [2.45, 2.75) is 19.4 Å². The van der Waals surface area contributed by atoms with Crippen molar-refractivity contribution in [3.63, 3.8) is 0 Å². The SMILES string of the molecule is CC[C@H](CNC)N(C)C. The van der Waals surface area contributed by atoms with E-state index in [1.807, 2.05) is 7.05 Å². The second-order valence-electron chi connectivity index (χ2n) is 2.58. The van der Waals surface area contributed by atoms with Crippen molar-refractivity contribution in [3.8, 4) is 0 Å². The average molecular weight is 130 g/mol. The normalized spacial score (nSPS) is 14.3. The van der Waals surface area contributed by atoms with Gasteiger partial charge in [0.05, 0.1) is 0 Å². The largest absolute Gasteiger partial charge is 0.318 e. The molecule has 0 aromatic heterocycles. The zero-order chi connectivity index (χ0) is 7.28. The summed E-state index contributed by atoms with van der Waals surface area (Å²) in [6, 6.07) is 0.690. The molecule has 0 spiro atoms. The molecule has 0 saturated heterocycles. The highest BCUT2D eigenvalue weighted by molar-refractivity contribution is 4.64. The van der Waals surface area contributed by atoms with E-state index in [1.165, 1.54) is 6.42 Å². The van der Waals surface area contributed by atoms with Gasteiger partial charge in [-0.25, -0.2) is 0 Å². The minimum absolute atomic E-state index is 0.690. The van der Waals surface area contributed by atoms with Gasteiger partial charge in [0, 0.05) is 12.6 Å². The van der Waals surface area contributed by atoms with E-state index < -0.39 is 0 Å². The topological polar surface area (TPSA) is 15.3 Å². The molecule has 0 aromatic carbocycles. The van der Waals surface area contributed by atoms with Crippen LogP contribution in [0.3, 0.4) is 0 Å². The lowest BCUT2D eigenvalue weighted by molar-refractivity contribution is 0.281. The van der Waals surface area contributed by atoms with E-state index in [1.54, 1.807) is 0 Å².